The summed E-state index contributed by atoms with van der Waals surface area (Å²) in [4.78, 5) is 28.6. The second-order valence-electron chi connectivity index (χ2n) is 22.8. The minimum absolute atomic E-state index is 0.00836. The maximum atomic E-state index is 11.5. The van der Waals surface area contributed by atoms with Crippen molar-refractivity contribution in [3.8, 4) is 0 Å². The molecule has 0 radical (unpaired) electrons. The van der Waals surface area contributed by atoms with Gasteiger partial charge in [0.2, 0.25) is 15.9 Å². The number of hydrogen-bond acceptors (Lipinski definition) is 12. The first-order chi connectivity index (χ1) is 28.7. The third kappa shape index (κ3) is 23.6. The molecule has 63 heavy (non-hydrogen) atoms. The number of nitrogens with one attached hydrogen (secondary N) is 1. The minimum atomic E-state index is -3.07. The Bertz CT molecular complexity index is 1430. The van der Waals surface area contributed by atoms with Crippen LogP contribution in [0.15, 0.2) is 0 Å². The van der Waals surface area contributed by atoms with Crippen LogP contribution < -0.4 is 5.32 Å². The van der Waals surface area contributed by atoms with E-state index in [4.69, 9.17) is 28.4 Å². The van der Waals surface area contributed by atoms with Gasteiger partial charge in [-0.05, 0) is 41.0 Å². The lowest BCUT2D eigenvalue weighted by molar-refractivity contribution is -0.141. The molecule has 1 N–H and O–H groups in total. The van der Waals surface area contributed by atoms with Gasteiger partial charge in [0.1, 0.15) is 0 Å². The van der Waals surface area contributed by atoms with Crippen LogP contribution in [0.1, 0.15) is 118 Å². The van der Waals surface area contributed by atoms with Gasteiger partial charge in [-0.1, -0.05) is 104 Å². The molecule has 0 aliphatic carbocycles. The smallest absolute Gasteiger partial charge is 0.409 e. The number of nitrogens with zero attached hydrogens (tertiary/aromatic N) is 4. The van der Waals surface area contributed by atoms with E-state index in [1.807, 2.05) is 11.8 Å². The van der Waals surface area contributed by atoms with E-state index in [0.717, 1.165) is 52.5 Å². The minimum Gasteiger partial charge on any atom is -0.450 e. The highest BCUT2D eigenvalue weighted by molar-refractivity contribution is 7.88. The predicted octanol–water partition coefficient (Wildman–Crippen LogP) is 6.25. The third-order valence-electron chi connectivity index (χ3n) is 11.6. The van der Waals surface area contributed by atoms with Crippen molar-refractivity contribution < 1.29 is 46.4 Å². The van der Waals surface area contributed by atoms with Crippen LogP contribution in [0.25, 0.3) is 0 Å². The lowest BCUT2D eigenvalue weighted by Crippen LogP contribution is -2.50. The molecule has 2 amide bonds. The van der Waals surface area contributed by atoms with Crippen LogP contribution in [0.4, 0.5) is 4.79 Å². The lowest BCUT2D eigenvalue weighted by atomic mass is 9.88. The first kappa shape index (κ1) is 59.4. The number of ether oxygens (including phenoxy) is 6. The molecule has 15 nitrogen and oxygen atoms in total. The van der Waals surface area contributed by atoms with Gasteiger partial charge in [0.15, 0.2) is 0 Å². The molecule has 0 aromatic rings. The van der Waals surface area contributed by atoms with Gasteiger partial charge >= 0.3 is 6.09 Å². The molecule has 0 bridgehead atoms. The quantitative estimate of drug-likeness (QED) is 0.334. The van der Waals surface area contributed by atoms with Gasteiger partial charge in [0.25, 0.3) is 0 Å². The summed E-state index contributed by atoms with van der Waals surface area (Å²) in [5.41, 5.74) is 0.741. The van der Waals surface area contributed by atoms with Crippen molar-refractivity contribution in [3.63, 3.8) is 0 Å². The zero-order chi connectivity index (χ0) is 48.6. The van der Waals surface area contributed by atoms with E-state index in [9.17, 15) is 18.0 Å². The Labute approximate surface area is 385 Å². The van der Waals surface area contributed by atoms with Gasteiger partial charge in [-0.2, -0.15) is 4.31 Å². The Kier molecular flexibility index (Phi) is 24.6. The SMILES string of the molecule is CC(=O)N1CCOC(C(C)(C)C)C1.CC(C)(C)C1CN(S(C)(=O)=O)CCO1.CC(C)(C)C1CNCCO1.CCOC(=O)N1CCOC(C(C)(C)C)C1.CN1CCOC(C(C)(C)C)C1. The standard InChI is InChI=1S/C11H21NO3.C10H19NO2.C9H19NO3S.C9H19NO.C8H17NO/c1-5-14-10(13)12-6-7-15-9(8-12)11(2,3)4;1-8(12)11-5-6-13-9(7-11)10(2,3)4;1-9(2,3)8-7-10(5-6-13-8)14(4,11)12;1-9(2,3)8-7-10(4)5-6-11-8;1-8(2,3)7-6-9-4-5-10-7/h9H,5-8H2,1-4H3;9H,5-7H2,1-4H3;8H,5-7H2,1-4H3;8H,5-7H2,1-4H3;7,9H,4-6H2,1-3H3. The molecule has 5 atom stereocenters. The average Bonchev–Trinajstić information content (AvgIpc) is 3.17. The van der Waals surface area contributed by atoms with Crippen molar-refractivity contribution in [1.29, 1.82) is 0 Å². The molecule has 5 saturated heterocycles. The van der Waals surface area contributed by atoms with Crippen molar-refractivity contribution in [1.82, 2.24) is 24.3 Å². The summed E-state index contributed by atoms with van der Waals surface area (Å²) in [7, 11) is -0.912. The monoisotopic (exact) mass is 922 g/mol. The Morgan fingerprint density at radius 1 is 0.571 bits per heavy atom. The zero-order valence-electron chi connectivity index (χ0n) is 43.5. The number of likely N-dealkylation sites (N-methyl/N-ethyl adjacent to an activating group) is 1. The van der Waals surface area contributed by atoms with E-state index < -0.39 is 10.0 Å². The van der Waals surface area contributed by atoms with Gasteiger partial charge in [-0.15, -0.1) is 0 Å². The molecule has 5 unspecified atom stereocenters. The van der Waals surface area contributed by atoms with Crippen LogP contribution in [0, 0.1) is 27.1 Å². The van der Waals surface area contributed by atoms with Crippen LogP contribution in [-0.4, -0.2) is 188 Å². The Balaban J connectivity index is 0.000000396. The Morgan fingerprint density at radius 2 is 0.952 bits per heavy atom. The average molecular weight is 922 g/mol. The van der Waals surface area contributed by atoms with Crippen LogP contribution in [0.3, 0.4) is 0 Å². The molecule has 0 spiro atoms. The van der Waals surface area contributed by atoms with Crippen molar-refractivity contribution in [2.75, 3.05) is 118 Å². The summed E-state index contributed by atoms with van der Waals surface area (Å²) in [6, 6.07) is 0. The highest BCUT2D eigenvalue weighted by atomic mass is 32.2. The highest BCUT2D eigenvalue weighted by Crippen LogP contribution is 2.28. The molecule has 0 saturated carbocycles. The molecule has 5 rings (SSSR count). The molecule has 374 valence electrons. The van der Waals surface area contributed by atoms with Gasteiger partial charge in [-0.3, -0.25) is 4.79 Å². The first-order valence-corrected chi connectivity index (χ1v) is 25.1. The normalized spacial score (nSPS) is 25.9. The second kappa shape index (κ2) is 26.1. The molecular weight excluding hydrogens is 827 g/mol. The highest BCUT2D eigenvalue weighted by Gasteiger charge is 2.35. The van der Waals surface area contributed by atoms with Gasteiger partial charge in [-0.25, -0.2) is 13.2 Å². The largest absolute Gasteiger partial charge is 0.450 e. The maximum absolute atomic E-state index is 11.5. The van der Waals surface area contributed by atoms with E-state index in [2.05, 4.69) is 121 Å². The van der Waals surface area contributed by atoms with Crippen LogP contribution in [0.5, 0.6) is 0 Å². The van der Waals surface area contributed by atoms with Crippen molar-refractivity contribution in [2.45, 2.75) is 148 Å². The number of amides is 2. The van der Waals surface area contributed by atoms with Crippen LogP contribution >= 0.6 is 0 Å². The summed E-state index contributed by atoms with van der Waals surface area (Å²) < 4.78 is 57.2. The third-order valence-corrected chi connectivity index (χ3v) is 12.9. The summed E-state index contributed by atoms with van der Waals surface area (Å²) in [5.74, 6) is 0.151. The molecular formula is C47H95N5O10S. The molecule has 0 aromatic carbocycles. The lowest BCUT2D eigenvalue weighted by Gasteiger charge is -2.39. The number of rotatable bonds is 2. The van der Waals surface area contributed by atoms with E-state index in [1.54, 1.807) is 11.8 Å². The number of carbonyl (C=O) groups excluding carboxylic acids is 2. The predicted molar refractivity (Wildman–Crippen MR) is 254 cm³/mol. The molecule has 5 fully saturated rings. The van der Waals surface area contributed by atoms with Gasteiger partial charge < -0.3 is 48.4 Å². The second-order valence-corrected chi connectivity index (χ2v) is 24.8. The number of sulfonamides is 1. The molecule has 16 heteroatoms. The van der Waals surface area contributed by atoms with Crippen molar-refractivity contribution in [3.05, 3.63) is 0 Å². The van der Waals surface area contributed by atoms with E-state index in [0.29, 0.717) is 64.8 Å². The van der Waals surface area contributed by atoms with E-state index in [-0.39, 0.29) is 57.4 Å². The number of hydrogen-bond donors (Lipinski definition) is 1. The van der Waals surface area contributed by atoms with Crippen molar-refractivity contribution >= 4 is 22.0 Å². The van der Waals surface area contributed by atoms with Gasteiger partial charge in [0.05, 0.1) is 83.0 Å². The van der Waals surface area contributed by atoms with Gasteiger partial charge in [0, 0.05) is 65.8 Å². The maximum Gasteiger partial charge on any atom is 0.409 e. The fourth-order valence-corrected chi connectivity index (χ4v) is 7.70. The van der Waals surface area contributed by atoms with Crippen LogP contribution in [0.2, 0.25) is 0 Å². The summed E-state index contributed by atoms with van der Waals surface area (Å²) in [5, 5.41) is 3.32. The Morgan fingerprint density at radius 3 is 1.30 bits per heavy atom. The summed E-state index contributed by atoms with van der Waals surface area (Å²) in [6.07, 6.45) is 2.07. The zero-order valence-corrected chi connectivity index (χ0v) is 44.3. The molecule has 5 heterocycles. The topological polar surface area (TPSA) is 149 Å². The van der Waals surface area contributed by atoms with E-state index >= 15 is 0 Å². The fraction of sp³-hybridized carbons (Fsp3) is 0.957. The first-order valence-electron chi connectivity index (χ1n) is 23.3. The Hall–Kier alpha value is -1.63. The molecule has 5 aliphatic heterocycles. The van der Waals surface area contributed by atoms with Crippen LogP contribution in [-0.2, 0) is 43.2 Å². The molecule has 5 aliphatic rings. The van der Waals surface area contributed by atoms with E-state index in [1.165, 1.54) is 10.6 Å². The van der Waals surface area contributed by atoms with Crippen molar-refractivity contribution in [2.24, 2.45) is 27.1 Å². The number of carbonyl (C=O) groups is 2. The summed E-state index contributed by atoms with van der Waals surface area (Å²) >= 11 is 0. The fourth-order valence-electron chi connectivity index (χ4n) is 6.89. The molecule has 0 aromatic heterocycles. The summed E-state index contributed by atoms with van der Waals surface area (Å²) in [6.45, 7) is 47.5. The number of morpholine rings is 5.